The standard InChI is InChI=1S/C12H14F3NO3S/c1-3-8-20(17,18)19-16-11(12(13,14)15)10-6-4-9(2)5-7-10/h4-7H,3,8H2,1-2H3/b16-11-. The van der Waals surface area contributed by atoms with E-state index in [1.807, 2.05) is 0 Å². The molecule has 8 heteroatoms. The highest BCUT2D eigenvalue weighted by Gasteiger charge is 2.38. The molecule has 0 aliphatic heterocycles. The van der Waals surface area contributed by atoms with E-state index in [1.54, 1.807) is 13.8 Å². The molecule has 0 aromatic heterocycles. The molecule has 0 spiro atoms. The Morgan fingerprint density at radius 2 is 1.80 bits per heavy atom. The van der Waals surface area contributed by atoms with Gasteiger partial charge in [-0.05, 0) is 13.3 Å². The van der Waals surface area contributed by atoms with Gasteiger partial charge in [0.2, 0.25) is 0 Å². The van der Waals surface area contributed by atoms with Crippen molar-refractivity contribution in [3.8, 4) is 0 Å². The molecule has 0 bridgehead atoms. The summed E-state index contributed by atoms with van der Waals surface area (Å²) < 4.78 is 65.2. The van der Waals surface area contributed by atoms with E-state index < -0.39 is 27.8 Å². The van der Waals surface area contributed by atoms with Crippen molar-refractivity contribution >= 4 is 15.8 Å². The highest BCUT2D eigenvalue weighted by Crippen LogP contribution is 2.23. The minimum atomic E-state index is -4.81. The van der Waals surface area contributed by atoms with Crippen molar-refractivity contribution in [2.45, 2.75) is 26.4 Å². The van der Waals surface area contributed by atoms with Gasteiger partial charge in [-0.3, -0.25) is 4.28 Å². The van der Waals surface area contributed by atoms with Crippen LogP contribution >= 0.6 is 0 Å². The van der Waals surface area contributed by atoms with Crippen molar-refractivity contribution in [3.05, 3.63) is 35.4 Å². The van der Waals surface area contributed by atoms with Crippen molar-refractivity contribution in [2.24, 2.45) is 5.16 Å². The van der Waals surface area contributed by atoms with Gasteiger partial charge in [0, 0.05) is 5.56 Å². The van der Waals surface area contributed by atoms with Gasteiger partial charge in [-0.15, -0.1) is 0 Å². The summed E-state index contributed by atoms with van der Waals surface area (Å²) in [6.45, 7) is 3.28. The Bertz CT molecular complexity index is 577. The summed E-state index contributed by atoms with van der Waals surface area (Å²) in [5, 5.41) is 2.79. The average Bonchev–Trinajstić information content (AvgIpc) is 2.29. The molecule has 0 atom stereocenters. The number of hydrogen-bond acceptors (Lipinski definition) is 4. The largest absolute Gasteiger partial charge is 0.437 e. The molecule has 0 saturated carbocycles. The molecule has 0 fully saturated rings. The third kappa shape index (κ3) is 4.84. The predicted octanol–water partition coefficient (Wildman–Crippen LogP) is 3.02. The van der Waals surface area contributed by atoms with Gasteiger partial charge in [-0.1, -0.05) is 41.9 Å². The number of alkyl halides is 3. The van der Waals surface area contributed by atoms with Crippen molar-refractivity contribution in [1.82, 2.24) is 0 Å². The van der Waals surface area contributed by atoms with Gasteiger partial charge in [-0.25, -0.2) is 0 Å². The van der Waals surface area contributed by atoms with Gasteiger partial charge in [0.15, 0.2) is 5.71 Å². The van der Waals surface area contributed by atoms with Crippen LogP contribution in [-0.4, -0.2) is 26.1 Å². The van der Waals surface area contributed by atoms with Crippen molar-refractivity contribution < 1.29 is 25.9 Å². The second kappa shape index (κ2) is 6.25. The maximum absolute atomic E-state index is 12.9. The summed E-state index contributed by atoms with van der Waals surface area (Å²) in [6.07, 6.45) is -4.58. The van der Waals surface area contributed by atoms with E-state index in [0.29, 0.717) is 0 Å². The summed E-state index contributed by atoms with van der Waals surface area (Å²) in [6, 6.07) is 5.35. The molecule has 20 heavy (non-hydrogen) atoms. The molecule has 0 aliphatic rings. The molecule has 0 unspecified atom stereocenters. The number of hydrogen-bond donors (Lipinski definition) is 0. The fourth-order valence-electron chi connectivity index (χ4n) is 1.36. The minimum Gasteiger partial charge on any atom is -0.268 e. The van der Waals surface area contributed by atoms with Crippen LogP contribution in [0.5, 0.6) is 0 Å². The number of oxime groups is 1. The minimum absolute atomic E-state index is 0.226. The van der Waals surface area contributed by atoms with Crippen LogP contribution < -0.4 is 0 Å². The first-order valence-electron chi connectivity index (χ1n) is 5.79. The van der Waals surface area contributed by atoms with Crippen LogP contribution in [0.3, 0.4) is 0 Å². The molecule has 0 amide bonds. The first-order valence-corrected chi connectivity index (χ1v) is 7.37. The summed E-state index contributed by atoms with van der Waals surface area (Å²) >= 11 is 0. The number of nitrogens with zero attached hydrogens (tertiary/aromatic N) is 1. The van der Waals surface area contributed by atoms with Crippen LogP contribution in [0.2, 0.25) is 0 Å². The van der Waals surface area contributed by atoms with Crippen LogP contribution in [-0.2, 0) is 14.4 Å². The van der Waals surface area contributed by atoms with Crippen molar-refractivity contribution in [2.75, 3.05) is 5.75 Å². The molecule has 0 aliphatic carbocycles. The number of benzene rings is 1. The molecule has 1 aromatic rings. The highest BCUT2D eigenvalue weighted by atomic mass is 32.2. The first-order chi connectivity index (χ1) is 9.15. The third-order valence-electron chi connectivity index (χ3n) is 2.29. The van der Waals surface area contributed by atoms with Crippen LogP contribution in [0.1, 0.15) is 24.5 Å². The first kappa shape index (κ1) is 16.5. The van der Waals surface area contributed by atoms with Crippen LogP contribution in [0, 0.1) is 6.92 Å². The van der Waals surface area contributed by atoms with Gasteiger partial charge in [0.1, 0.15) is 0 Å². The fraction of sp³-hybridized carbons (Fsp3) is 0.417. The van der Waals surface area contributed by atoms with E-state index in [-0.39, 0.29) is 12.0 Å². The molecule has 112 valence electrons. The SMILES string of the molecule is CCCS(=O)(=O)O/N=C(/c1ccc(C)cc1)C(F)(F)F. The Balaban J connectivity index is 3.11. The fourth-order valence-corrected chi connectivity index (χ4v) is 2.12. The maximum atomic E-state index is 12.9. The molecular formula is C12H14F3NO3S. The van der Waals surface area contributed by atoms with Gasteiger partial charge in [-0.2, -0.15) is 21.6 Å². The zero-order valence-electron chi connectivity index (χ0n) is 10.9. The van der Waals surface area contributed by atoms with Gasteiger partial charge < -0.3 is 0 Å². The Morgan fingerprint density at radius 3 is 2.25 bits per heavy atom. The molecule has 0 saturated heterocycles. The molecule has 0 heterocycles. The smallest absolute Gasteiger partial charge is 0.268 e. The quantitative estimate of drug-likeness (QED) is 0.620. The van der Waals surface area contributed by atoms with E-state index in [0.717, 1.165) is 5.56 Å². The van der Waals surface area contributed by atoms with Gasteiger partial charge >= 0.3 is 16.3 Å². The number of halogens is 3. The van der Waals surface area contributed by atoms with E-state index >= 15 is 0 Å². The normalized spacial score (nSPS) is 13.3. The lowest BCUT2D eigenvalue weighted by molar-refractivity contribution is -0.0596. The molecular weight excluding hydrogens is 295 g/mol. The lowest BCUT2D eigenvalue weighted by Crippen LogP contribution is -2.25. The van der Waals surface area contributed by atoms with E-state index in [4.69, 9.17) is 0 Å². The molecule has 1 aromatic carbocycles. The van der Waals surface area contributed by atoms with E-state index in [1.165, 1.54) is 24.3 Å². The van der Waals surface area contributed by atoms with Crippen molar-refractivity contribution in [1.29, 1.82) is 0 Å². The molecule has 0 N–H and O–H groups in total. The summed E-state index contributed by atoms with van der Waals surface area (Å²) in [5.74, 6) is -0.393. The van der Waals surface area contributed by atoms with E-state index in [9.17, 15) is 21.6 Å². The van der Waals surface area contributed by atoms with Crippen LogP contribution in [0.25, 0.3) is 0 Å². The third-order valence-corrected chi connectivity index (χ3v) is 3.50. The second-order valence-corrected chi connectivity index (χ2v) is 5.81. The van der Waals surface area contributed by atoms with Gasteiger partial charge in [0.05, 0.1) is 5.75 Å². The van der Waals surface area contributed by atoms with Crippen molar-refractivity contribution in [3.63, 3.8) is 0 Å². The summed E-state index contributed by atoms with van der Waals surface area (Å²) in [7, 11) is -4.09. The molecule has 0 radical (unpaired) electrons. The Kier molecular flexibility index (Phi) is 5.15. The predicted molar refractivity (Wildman–Crippen MR) is 68.9 cm³/mol. The zero-order chi connectivity index (χ0) is 15.4. The second-order valence-electron chi connectivity index (χ2n) is 4.14. The Morgan fingerprint density at radius 1 is 1.25 bits per heavy atom. The topological polar surface area (TPSA) is 55.7 Å². The number of aryl methyl sites for hydroxylation is 1. The monoisotopic (exact) mass is 309 g/mol. The zero-order valence-corrected chi connectivity index (χ0v) is 11.8. The Labute approximate surface area is 115 Å². The Hall–Kier alpha value is -1.57. The molecule has 4 nitrogen and oxygen atoms in total. The lowest BCUT2D eigenvalue weighted by Gasteiger charge is -2.10. The van der Waals surface area contributed by atoms with Crippen LogP contribution in [0.4, 0.5) is 13.2 Å². The highest BCUT2D eigenvalue weighted by molar-refractivity contribution is 7.86. The van der Waals surface area contributed by atoms with Crippen LogP contribution in [0.15, 0.2) is 29.4 Å². The van der Waals surface area contributed by atoms with Gasteiger partial charge in [0.25, 0.3) is 0 Å². The summed E-state index contributed by atoms with van der Waals surface area (Å²) in [5.41, 5.74) is -0.859. The summed E-state index contributed by atoms with van der Waals surface area (Å²) in [4.78, 5) is 0. The number of rotatable bonds is 5. The van der Waals surface area contributed by atoms with E-state index in [2.05, 4.69) is 9.44 Å². The average molecular weight is 309 g/mol. The lowest BCUT2D eigenvalue weighted by atomic mass is 10.1. The molecule has 1 rings (SSSR count). The maximum Gasteiger partial charge on any atom is 0.437 e.